The summed E-state index contributed by atoms with van der Waals surface area (Å²) in [6.07, 6.45) is 2.66. The van der Waals surface area contributed by atoms with E-state index in [1.807, 2.05) is 30.3 Å². The van der Waals surface area contributed by atoms with Gasteiger partial charge >= 0.3 is 0 Å². The molecule has 3 rings (SSSR count). The van der Waals surface area contributed by atoms with Crippen molar-refractivity contribution in [3.05, 3.63) is 65.2 Å². The van der Waals surface area contributed by atoms with Gasteiger partial charge in [0.25, 0.3) is 5.91 Å². The fourth-order valence-corrected chi connectivity index (χ4v) is 4.34. The highest BCUT2D eigenvalue weighted by Gasteiger charge is 2.20. The third-order valence-corrected chi connectivity index (χ3v) is 6.30. The van der Waals surface area contributed by atoms with Crippen LogP contribution in [-0.4, -0.2) is 37.2 Å². The number of ether oxygens (including phenoxy) is 1. The molecule has 3 aromatic rings. The maximum atomic E-state index is 12.7. The number of amides is 1. The number of hydrogen-bond donors (Lipinski definition) is 1. The summed E-state index contributed by atoms with van der Waals surface area (Å²) in [6.45, 7) is 0. The van der Waals surface area contributed by atoms with Crippen molar-refractivity contribution in [3.8, 4) is 5.88 Å². The lowest BCUT2D eigenvalue weighted by Gasteiger charge is -2.09. The lowest BCUT2D eigenvalue weighted by atomic mass is 10.1. The number of nitrogens with one attached hydrogen (secondary N) is 1. The number of aromatic nitrogens is 2. The Hall–Kier alpha value is -2.78. The molecule has 0 aliphatic heterocycles. The average Bonchev–Trinajstić information content (AvgIpc) is 3.21. The van der Waals surface area contributed by atoms with Crippen molar-refractivity contribution in [2.75, 3.05) is 18.2 Å². The first kappa shape index (κ1) is 20.0. The summed E-state index contributed by atoms with van der Waals surface area (Å²) < 4.78 is 30.5. The molecule has 1 amide bonds. The number of sulfone groups is 1. The van der Waals surface area contributed by atoms with Gasteiger partial charge in [-0.1, -0.05) is 30.3 Å². The molecule has 1 aromatic carbocycles. The first-order valence-electron chi connectivity index (χ1n) is 8.51. The van der Waals surface area contributed by atoms with Crippen LogP contribution >= 0.6 is 11.3 Å². The summed E-state index contributed by atoms with van der Waals surface area (Å²) in [5.41, 5.74) is 1.21. The van der Waals surface area contributed by atoms with Gasteiger partial charge in [0.15, 0.2) is 20.0 Å². The molecule has 0 saturated carbocycles. The van der Waals surface area contributed by atoms with Crippen LogP contribution in [0.4, 0.5) is 5.13 Å². The topological polar surface area (TPSA) is 98.2 Å². The zero-order chi connectivity index (χ0) is 20.0. The minimum Gasteiger partial charge on any atom is -0.481 e. The second-order valence-corrected chi connectivity index (χ2v) is 8.89. The Morgan fingerprint density at radius 1 is 1.21 bits per heavy atom. The summed E-state index contributed by atoms with van der Waals surface area (Å²) in [7, 11) is -2.29. The smallest absolute Gasteiger partial charge is 0.257 e. The molecule has 28 heavy (non-hydrogen) atoms. The molecule has 2 aromatic heterocycles. The van der Waals surface area contributed by atoms with Gasteiger partial charge < -0.3 is 4.74 Å². The summed E-state index contributed by atoms with van der Waals surface area (Å²) in [5, 5.41) is 4.60. The molecular formula is C19H19N3O4S2. The van der Waals surface area contributed by atoms with Gasteiger partial charge in [0, 0.05) is 23.2 Å². The van der Waals surface area contributed by atoms with Crippen molar-refractivity contribution in [2.24, 2.45) is 0 Å². The molecule has 0 aliphatic rings. The van der Waals surface area contributed by atoms with Crippen molar-refractivity contribution in [2.45, 2.75) is 17.9 Å². The van der Waals surface area contributed by atoms with E-state index in [0.717, 1.165) is 5.56 Å². The third kappa shape index (κ3) is 5.14. The molecule has 9 heteroatoms. The predicted molar refractivity (Wildman–Crippen MR) is 108 cm³/mol. The molecule has 7 nitrogen and oxygen atoms in total. The summed E-state index contributed by atoms with van der Waals surface area (Å²) in [5.74, 6) is -0.486. The number of thiazole rings is 1. The molecule has 0 atom stereocenters. The van der Waals surface area contributed by atoms with Gasteiger partial charge in [-0.15, -0.1) is 11.3 Å². The van der Waals surface area contributed by atoms with Gasteiger partial charge in [0.2, 0.25) is 5.88 Å². The van der Waals surface area contributed by atoms with Crippen molar-refractivity contribution in [1.29, 1.82) is 0 Å². The minimum atomic E-state index is -3.67. The van der Waals surface area contributed by atoms with Crippen LogP contribution in [0.5, 0.6) is 5.88 Å². The molecule has 0 radical (unpaired) electrons. The molecule has 1 N–H and O–H groups in total. The van der Waals surface area contributed by atoms with Gasteiger partial charge in [-0.3, -0.25) is 10.1 Å². The maximum absolute atomic E-state index is 12.7. The maximum Gasteiger partial charge on any atom is 0.257 e. The highest BCUT2D eigenvalue weighted by atomic mass is 32.2. The van der Waals surface area contributed by atoms with Gasteiger partial charge in [-0.2, -0.15) is 0 Å². The number of hydrogen-bond acceptors (Lipinski definition) is 7. The van der Waals surface area contributed by atoms with Crippen LogP contribution in [-0.2, 0) is 16.3 Å². The monoisotopic (exact) mass is 417 g/mol. The van der Waals surface area contributed by atoms with E-state index in [1.165, 1.54) is 30.6 Å². The van der Waals surface area contributed by atoms with Crippen molar-refractivity contribution < 1.29 is 17.9 Å². The molecule has 0 spiro atoms. The molecule has 0 bridgehead atoms. The van der Waals surface area contributed by atoms with Crippen LogP contribution in [0.1, 0.15) is 22.3 Å². The van der Waals surface area contributed by atoms with Crippen LogP contribution in [0.2, 0.25) is 0 Å². The van der Waals surface area contributed by atoms with Gasteiger partial charge in [0.05, 0.1) is 12.9 Å². The Morgan fingerprint density at radius 2 is 2.00 bits per heavy atom. The van der Waals surface area contributed by atoms with E-state index >= 15 is 0 Å². The number of pyridine rings is 1. The summed E-state index contributed by atoms with van der Waals surface area (Å²) >= 11 is 1.27. The lowest BCUT2D eigenvalue weighted by molar-refractivity contribution is 0.102. The number of anilines is 1. The van der Waals surface area contributed by atoms with E-state index in [4.69, 9.17) is 4.74 Å². The highest BCUT2D eigenvalue weighted by molar-refractivity contribution is 7.91. The van der Waals surface area contributed by atoms with E-state index in [0.29, 0.717) is 18.0 Å². The Labute approximate surface area is 167 Å². The van der Waals surface area contributed by atoms with E-state index < -0.39 is 15.7 Å². The molecule has 0 saturated heterocycles. The van der Waals surface area contributed by atoms with Crippen LogP contribution in [0.15, 0.2) is 59.1 Å². The number of carbonyl (C=O) groups is 1. The largest absolute Gasteiger partial charge is 0.481 e. The third-order valence-electron chi connectivity index (χ3n) is 3.94. The fourth-order valence-electron chi connectivity index (χ4n) is 2.55. The second kappa shape index (κ2) is 8.94. The number of rotatable bonds is 8. The Morgan fingerprint density at radius 3 is 2.68 bits per heavy atom. The molecule has 0 aliphatic carbocycles. The standard InChI is InChI=1S/C19H19N3O4S2/c1-26-16-12-15(18(23)22-19-20-9-10-27-19)13-17(21-16)28(24,25)11-5-8-14-6-3-2-4-7-14/h2-4,6-7,9-10,12-13H,5,8,11H2,1H3,(H,20,22,23). The SMILES string of the molecule is COc1cc(C(=O)Nc2nccs2)cc(S(=O)(=O)CCCc2ccccc2)n1. The summed E-state index contributed by atoms with van der Waals surface area (Å²) in [6, 6.07) is 12.3. The molecule has 2 heterocycles. The van der Waals surface area contributed by atoms with Crippen LogP contribution in [0.25, 0.3) is 0 Å². The molecule has 146 valence electrons. The minimum absolute atomic E-state index is 0.0634. The number of benzene rings is 1. The zero-order valence-electron chi connectivity index (χ0n) is 15.2. The van der Waals surface area contributed by atoms with E-state index in [9.17, 15) is 13.2 Å². The van der Waals surface area contributed by atoms with E-state index in [2.05, 4.69) is 15.3 Å². The molecular weight excluding hydrogens is 398 g/mol. The first-order chi connectivity index (χ1) is 13.5. The first-order valence-corrected chi connectivity index (χ1v) is 11.0. The van der Waals surface area contributed by atoms with E-state index in [-0.39, 0.29) is 22.2 Å². The Bertz CT molecular complexity index is 1040. The summed E-state index contributed by atoms with van der Waals surface area (Å²) in [4.78, 5) is 20.4. The molecule has 0 fully saturated rings. The number of nitrogens with zero attached hydrogens (tertiary/aromatic N) is 2. The number of carbonyl (C=O) groups excluding carboxylic acids is 1. The van der Waals surface area contributed by atoms with E-state index in [1.54, 1.807) is 11.6 Å². The number of methoxy groups -OCH3 is 1. The Balaban J connectivity index is 1.76. The zero-order valence-corrected chi connectivity index (χ0v) is 16.8. The van der Waals surface area contributed by atoms with Crippen molar-refractivity contribution in [3.63, 3.8) is 0 Å². The highest BCUT2D eigenvalue weighted by Crippen LogP contribution is 2.20. The van der Waals surface area contributed by atoms with Crippen molar-refractivity contribution >= 4 is 32.2 Å². The second-order valence-electron chi connectivity index (χ2n) is 5.94. The van der Waals surface area contributed by atoms with Crippen molar-refractivity contribution in [1.82, 2.24) is 9.97 Å². The Kier molecular flexibility index (Phi) is 6.37. The molecule has 0 unspecified atom stereocenters. The van der Waals surface area contributed by atoms with Crippen LogP contribution < -0.4 is 10.1 Å². The number of aryl methyl sites for hydroxylation is 1. The quantitative estimate of drug-likeness (QED) is 0.604. The lowest BCUT2D eigenvalue weighted by Crippen LogP contribution is -2.15. The van der Waals surface area contributed by atoms with Gasteiger partial charge in [-0.05, 0) is 24.5 Å². The predicted octanol–water partition coefficient (Wildman–Crippen LogP) is 3.21. The van der Waals surface area contributed by atoms with Crippen LogP contribution in [0.3, 0.4) is 0 Å². The van der Waals surface area contributed by atoms with Gasteiger partial charge in [-0.25, -0.2) is 18.4 Å². The average molecular weight is 418 g/mol. The van der Waals surface area contributed by atoms with Crippen LogP contribution in [0, 0.1) is 0 Å². The fraction of sp³-hybridized carbons (Fsp3) is 0.211. The van der Waals surface area contributed by atoms with Gasteiger partial charge in [0.1, 0.15) is 0 Å². The normalized spacial score (nSPS) is 11.2.